The first kappa shape index (κ1) is 17.8. The molecule has 0 saturated carbocycles. The molecule has 28 heavy (non-hydrogen) atoms. The molecule has 2 aromatic carbocycles. The minimum atomic E-state index is -0.424. The van der Waals surface area contributed by atoms with Crippen LogP contribution in [0, 0.1) is 0 Å². The Morgan fingerprint density at radius 1 is 1.14 bits per heavy atom. The molecule has 5 nitrogen and oxygen atoms in total. The molecule has 3 aliphatic heterocycles. The molecule has 1 spiro atoms. The van der Waals surface area contributed by atoms with Gasteiger partial charge >= 0.3 is 0 Å². The second-order valence-corrected chi connectivity index (χ2v) is 8.28. The topological polar surface area (TPSA) is 37.3 Å². The van der Waals surface area contributed by atoms with E-state index >= 15 is 0 Å². The fourth-order valence-electron chi connectivity index (χ4n) is 4.55. The van der Waals surface area contributed by atoms with Gasteiger partial charge in [0.25, 0.3) is 0 Å². The third kappa shape index (κ3) is 2.76. The summed E-state index contributed by atoms with van der Waals surface area (Å²) in [7, 11) is 3.87. The molecule has 0 N–H and O–H groups in total. The van der Waals surface area contributed by atoms with Gasteiger partial charge in [-0.15, -0.1) is 0 Å². The Kier molecular flexibility index (Phi) is 4.25. The fourth-order valence-corrected chi connectivity index (χ4v) is 4.67. The standard InChI is InChI=1S/C22H24ClN3O2/c1-25-12-10-22(11-13-25)26-19(17-4-3-5-20(27-2)21(17)28-22)14-18(24-26)15-6-8-16(23)9-7-15/h3-9,19H,10-14H2,1-2H3/t19-/m0/s1. The lowest BCUT2D eigenvalue weighted by molar-refractivity contribution is -0.148. The van der Waals surface area contributed by atoms with Gasteiger partial charge in [-0.1, -0.05) is 35.9 Å². The predicted molar refractivity (Wildman–Crippen MR) is 110 cm³/mol. The van der Waals surface area contributed by atoms with Gasteiger partial charge < -0.3 is 14.4 Å². The highest BCUT2D eigenvalue weighted by Crippen LogP contribution is 2.52. The Balaban J connectivity index is 1.60. The molecule has 3 aliphatic rings. The summed E-state index contributed by atoms with van der Waals surface area (Å²) in [6.07, 6.45) is 2.67. The first-order valence-electron chi connectivity index (χ1n) is 9.77. The summed E-state index contributed by atoms with van der Waals surface area (Å²) in [5.41, 5.74) is 2.93. The number of halogens is 1. The molecule has 2 aromatic rings. The third-order valence-electron chi connectivity index (χ3n) is 6.15. The molecule has 1 saturated heterocycles. The maximum absolute atomic E-state index is 6.69. The van der Waals surface area contributed by atoms with Gasteiger partial charge in [-0.25, -0.2) is 5.01 Å². The van der Waals surface area contributed by atoms with Gasteiger partial charge in [0.1, 0.15) is 0 Å². The van der Waals surface area contributed by atoms with E-state index in [0.29, 0.717) is 0 Å². The van der Waals surface area contributed by atoms with Crippen molar-refractivity contribution in [3.05, 3.63) is 58.6 Å². The summed E-state index contributed by atoms with van der Waals surface area (Å²) in [5, 5.41) is 8.06. The van der Waals surface area contributed by atoms with Crippen LogP contribution in [0.2, 0.25) is 5.02 Å². The molecule has 0 unspecified atom stereocenters. The van der Waals surface area contributed by atoms with Crippen LogP contribution in [0.4, 0.5) is 0 Å². The number of hydrazone groups is 1. The molecule has 146 valence electrons. The van der Waals surface area contributed by atoms with Crippen molar-refractivity contribution in [2.24, 2.45) is 5.10 Å². The molecule has 0 aromatic heterocycles. The van der Waals surface area contributed by atoms with E-state index in [2.05, 4.69) is 23.0 Å². The molecular weight excluding hydrogens is 374 g/mol. The van der Waals surface area contributed by atoms with Gasteiger partial charge in [-0.3, -0.25) is 0 Å². The third-order valence-corrected chi connectivity index (χ3v) is 6.41. The Morgan fingerprint density at radius 2 is 1.89 bits per heavy atom. The zero-order chi connectivity index (χ0) is 19.3. The first-order chi connectivity index (χ1) is 13.6. The summed E-state index contributed by atoms with van der Waals surface area (Å²) < 4.78 is 12.3. The van der Waals surface area contributed by atoms with E-state index < -0.39 is 5.72 Å². The summed E-state index contributed by atoms with van der Waals surface area (Å²) >= 11 is 6.08. The molecule has 3 heterocycles. The molecule has 0 aliphatic carbocycles. The quantitative estimate of drug-likeness (QED) is 0.756. The summed E-state index contributed by atoms with van der Waals surface area (Å²) in [4.78, 5) is 2.35. The van der Waals surface area contributed by atoms with Crippen molar-refractivity contribution in [1.29, 1.82) is 0 Å². The number of rotatable bonds is 2. The molecule has 5 rings (SSSR count). The number of piperidine rings is 1. The van der Waals surface area contributed by atoms with E-state index in [0.717, 1.165) is 65.7 Å². The van der Waals surface area contributed by atoms with Crippen LogP contribution in [-0.4, -0.2) is 48.6 Å². The highest BCUT2D eigenvalue weighted by molar-refractivity contribution is 6.30. The second-order valence-electron chi connectivity index (χ2n) is 7.85. The fraction of sp³-hybridized carbons (Fsp3) is 0.409. The van der Waals surface area contributed by atoms with E-state index in [1.54, 1.807) is 7.11 Å². The van der Waals surface area contributed by atoms with Crippen LogP contribution in [0.1, 0.15) is 36.4 Å². The second kappa shape index (κ2) is 6.68. The smallest absolute Gasteiger partial charge is 0.200 e. The van der Waals surface area contributed by atoms with E-state index in [1.165, 1.54) is 0 Å². The van der Waals surface area contributed by atoms with Crippen molar-refractivity contribution in [2.75, 3.05) is 27.2 Å². The van der Waals surface area contributed by atoms with Gasteiger partial charge in [-0.2, -0.15) is 5.10 Å². The zero-order valence-corrected chi connectivity index (χ0v) is 16.9. The van der Waals surface area contributed by atoms with Gasteiger partial charge in [0.15, 0.2) is 11.5 Å². The van der Waals surface area contributed by atoms with Gasteiger partial charge in [0.05, 0.1) is 18.9 Å². The largest absolute Gasteiger partial charge is 0.493 e. The summed E-state index contributed by atoms with van der Waals surface area (Å²) in [5.74, 6) is 1.68. The Morgan fingerprint density at radius 3 is 2.61 bits per heavy atom. The van der Waals surface area contributed by atoms with Gasteiger partial charge in [0, 0.05) is 42.9 Å². The average molecular weight is 398 g/mol. The molecule has 1 fully saturated rings. The van der Waals surface area contributed by atoms with Crippen molar-refractivity contribution in [2.45, 2.75) is 31.0 Å². The van der Waals surface area contributed by atoms with Crippen LogP contribution in [-0.2, 0) is 0 Å². The van der Waals surface area contributed by atoms with E-state index in [-0.39, 0.29) is 6.04 Å². The summed E-state index contributed by atoms with van der Waals surface area (Å²) in [6.45, 7) is 1.97. The number of nitrogens with zero attached hydrogens (tertiary/aromatic N) is 3. The number of hydrogen-bond acceptors (Lipinski definition) is 5. The number of hydrogen-bond donors (Lipinski definition) is 0. The van der Waals surface area contributed by atoms with Crippen LogP contribution in [0.5, 0.6) is 11.5 Å². The highest BCUT2D eigenvalue weighted by Gasteiger charge is 2.52. The van der Waals surface area contributed by atoms with Gasteiger partial charge in [0.2, 0.25) is 5.72 Å². The van der Waals surface area contributed by atoms with E-state index in [1.807, 2.05) is 36.4 Å². The molecule has 0 radical (unpaired) electrons. The zero-order valence-electron chi connectivity index (χ0n) is 16.2. The van der Waals surface area contributed by atoms with Crippen LogP contribution < -0.4 is 9.47 Å². The average Bonchev–Trinajstić information content (AvgIpc) is 3.17. The number of benzene rings is 2. The van der Waals surface area contributed by atoms with E-state index in [9.17, 15) is 0 Å². The van der Waals surface area contributed by atoms with E-state index in [4.69, 9.17) is 26.2 Å². The van der Waals surface area contributed by atoms with Crippen molar-refractivity contribution in [3.8, 4) is 11.5 Å². The molecule has 0 bridgehead atoms. The van der Waals surface area contributed by atoms with Crippen molar-refractivity contribution in [1.82, 2.24) is 9.91 Å². The summed E-state index contributed by atoms with van der Waals surface area (Å²) in [6, 6.07) is 14.3. The molecular formula is C22H24ClN3O2. The Bertz CT molecular complexity index is 920. The number of para-hydroxylation sites is 1. The van der Waals surface area contributed by atoms with Crippen molar-refractivity contribution < 1.29 is 9.47 Å². The Hall–Kier alpha value is -2.24. The van der Waals surface area contributed by atoms with Crippen LogP contribution in [0.15, 0.2) is 47.6 Å². The number of likely N-dealkylation sites (tertiary alicyclic amines) is 1. The maximum Gasteiger partial charge on any atom is 0.200 e. The van der Waals surface area contributed by atoms with Crippen LogP contribution in [0.25, 0.3) is 0 Å². The lowest BCUT2D eigenvalue weighted by Gasteiger charge is -2.50. The molecule has 1 atom stereocenters. The van der Waals surface area contributed by atoms with Crippen LogP contribution >= 0.6 is 11.6 Å². The Labute approximate surface area is 170 Å². The predicted octanol–water partition coefficient (Wildman–Crippen LogP) is 4.31. The van der Waals surface area contributed by atoms with Gasteiger partial charge in [-0.05, 0) is 30.8 Å². The SMILES string of the molecule is COc1cccc2c1OC1(CCN(C)CC1)N1N=C(c3ccc(Cl)cc3)C[C@@H]21. The van der Waals surface area contributed by atoms with Crippen molar-refractivity contribution in [3.63, 3.8) is 0 Å². The molecule has 0 amide bonds. The number of fused-ring (bicyclic) bond motifs is 4. The highest BCUT2D eigenvalue weighted by atomic mass is 35.5. The number of ether oxygens (including phenoxy) is 2. The lowest BCUT2D eigenvalue weighted by Crippen LogP contribution is -2.58. The minimum absolute atomic E-state index is 0.160. The molecule has 6 heteroatoms. The van der Waals surface area contributed by atoms with Crippen molar-refractivity contribution >= 4 is 17.3 Å². The minimum Gasteiger partial charge on any atom is -0.493 e. The van der Waals surface area contributed by atoms with Crippen LogP contribution in [0.3, 0.4) is 0 Å². The number of methoxy groups -OCH3 is 1. The monoisotopic (exact) mass is 397 g/mol. The lowest BCUT2D eigenvalue weighted by atomic mass is 9.90. The first-order valence-corrected chi connectivity index (χ1v) is 10.1. The maximum atomic E-state index is 6.69. The normalized spacial score (nSPS) is 23.0.